The molecule has 7 heteroatoms. The normalized spacial score (nSPS) is 22.3. The van der Waals surface area contributed by atoms with Gasteiger partial charge in [-0.25, -0.2) is 13.1 Å². The van der Waals surface area contributed by atoms with Gasteiger partial charge in [0.2, 0.25) is 5.91 Å². The highest BCUT2D eigenvalue weighted by atomic mass is 32.2. The minimum Gasteiger partial charge on any atom is -0.381 e. The molecule has 1 aromatic rings. The number of carbonyl (C=O) groups is 1. The average Bonchev–Trinajstić information content (AvgIpc) is 2.54. The van der Waals surface area contributed by atoms with Crippen LogP contribution in [-0.4, -0.2) is 27.5 Å². The summed E-state index contributed by atoms with van der Waals surface area (Å²) in [4.78, 5) is 12.2. The van der Waals surface area contributed by atoms with Gasteiger partial charge in [-0.15, -0.1) is 0 Å². The first-order valence-electron chi connectivity index (χ1n) is 7.34. The van der Waals surface area contributed by atoms with Crippen LogP contribution in [0.15, 0.2) is 29.2 Å². The zero-order valence-electron chi connectivity index (χ0n) is 12.6. The summed E-state index contributed by atoms with van der Waals surface area (Å²) < 4.78 is 31.9. The molecule has 0 atom stereocenters. The number of sulfonamides is 1. The Morgan fingerprint density at radius 2 is 1.82 bits per heavy atom. The van der Waals surface area contributed by atoms with Gasteiger partial charge in [0.15, 0.2) is 0 Å². The van der Waals surface area contributed by atoms with Gasteiger partial charge in [0, 0.05) is 19.6 Å². The smallest absolute Gasteiger partial charge is 0.264 e. The van der Waals surface area contributed by atoms with Crippen LogP contribution in [0.5, 0.6) is 0 Å². The molecule has 1 fully saturated rings. The number of hydrogen-bond donors (Lipinski definition) is 2. The van der Waals surface area contributed by atoms with E-state index in [0.29, 0.717) is 19.4 Å². The Hall–Kier alpha value is -1.44. The van der Waals surface area contributed by atoms with Gasteiger partial charge in [0.25, 0.3) is 10.0 Å². The third-order valence-corrected chi connectivity index (χ3v) is 5.45. The van der Waals surface area contributed by atoms with E-state index in [1.807, 2.05) is 0 Å². The van der Waals surface area contributed by atoms with Crippen molar-refractivity contribution in [1.29, 1.82) is 0 Å². The summed E-state index contributed by atoms with van der Waals surface area (Å²) in [6.45, 7) is 0.343. The van der Waals surface area contributed by atoms with Gasteiger partial charge in [-0.1, -0.05) is 12.1 Å². The summed E-state index contributed by atoms with van der Waals surface area (Å²) in [5.74, 6) is -0.707. The standard InChI is InChI=1S/C15H22N2O4S/c1-21-13-6-4-12(5-7-13)15(18)17-22(19,20)14-8-2-11(10-16)3-9-14/h2-3,8-9,12-13H,4-7,10,16H2,1H3,(H,17,18). The van der Waals surface area contributed by atoms with Crippen molar-refractivity contribution in [3.63, 3.8) is 0 Å². The van der Waals surface area contributed by atoms with Crippen molar-refractivity contribution in [3.8, 4) is 0 Å². The molecule has 0 unspecified atom stereocenters. The van der Waals surface area contributed by atoms with Gasteiger partial charge < -0.3 is 10.5 Å². The lowest BCUT2D eigenvalue weighted by Crippen LogP contribution is -2.38. The molecule has 0 bridgehead atoms. The molecular formula is C15H22N2O4S. The topological polar surface area (TPSA) is 98.5 Å². The van der Waals surface area contributed by atoms with Crippen LogP contribution in [0.1, 0.15) is 31.2 Å². The Morgan fingerprint density at radius 3 is 2.32 bits per heavy atom. The Labute approximate surface area is 131 Å². The zero-order valence-corrected chi connectivity index (χ0v) is 13.4. The number of rotatable bonds is 5. The third-order valence-electron chi connectivity index (χ3n) is 4.08. The Morgan fingerprint density at radius 1 is 1.23 bits per heavy atom. The summed E-state index contributed by atoms with van der Waals surface area (Å²) in [6, 6.07) is 6.20. The van der Waals surface area contributed by atoms with Crippen molar-refractivity contribution in [2.45, 2.75) is 43.2 Å². The number of ether oxygens (including phenoxy) is 1. The van der Waals surface area contributed by atoms with Crippen LogP contribution < -0.4 is 10.5 Å². The maximum atomic E-state index is 12.2. The molecule has 1 amide bonds. The van der Waals surface area contributed by atoms with Gasteiger partial charge in [-0.3, -0.25) is 4.79 Å². The molecule has 1 aromatic carbocycles. The summed E-state index contributed by atoms with van der Waals surface area (Å²) in [5, 5.41) is 0. The van der Waals surface area contributed by atoms with E-state index in [-0.39, 0.29) is 16.9 Å². The van der Waals surface area contributed by atoms with E-state index in [2.05, 4.69) is 4.72 Å². The average molecular weight is 326 g/mol. The fourth-order valence-electron chi connectivity index (χ4n) is 2.64. The second-order valence-electron chi connectivity index (χ2n) is 5.53. The van der Waals surface area contributed by atoms with Gasteiger partial charge in [-0.05, 0) is 43.4 Å². The maximum Gasteiger partial charge on any atom is 0.264 e. The molecule has 0 aliphatic heterocycles. The monoisotopic (exact) mass is 326 g/mol. The van der Waals surface area contributed by atoms with Crippen LogP contribution in [0.3, 0.4) is 0 Å². The summed E-state index contributed by atoms with van der Waals surface area (Å²) in [5.41, 5.74) is 6.32. The number of amides is 1. The van der Waals surface area contributed by atoms with Crippen LogP contribution in [0.4, 0.5) is 0 Å². The first kappa shape index (κ1) is 16.9. The molecule has 0 heterocycles. The molecule has 3 N–H and O–H groups in total. The lowest BCUT2D eigenvalue weighted by atomic mass is 9.87. The van der Waals surface area contributed by atoms with Crippen molar-refractivity contribution in [1.82, 2.24) is 4.72 Å². The van der Waals surface area contributed by atoms with E-state index in [1.165, 1.54) is 12.1 Å². The van der Waals surface area contributed by atoms with E-state index in [4.69, 9.17) is 10.5 Å². The predicted octanol–water partition coefficient (Wildman–Crippen LogP) is 1.16. The van der Waals surface area contributed by atoms with E-state index < -0.39 is 15.9 Å². The third kappa shape index (κ3) is 4.06. The van der Waals surface area contributed by atoms with Crippen molar-refractivity contribution in [2.75, 3.05) is 7.11 Å². The van der Waals surface area contributed by atoms with Crippen molar-refractivity contribution in [2.24, 2.45) is 11.7 Å². The Bertz CT molecular complexity index is 605. The molecule has 0 aromatic heterocycles. The lowest BCUT2D eigenvalue weighted by Gasteiger charge is -2.26. The summed E-state index contributed by atoms with van der Waals surface area (Å²) in [7, 11) is -2.17. The minimum absolute atomic E-state index is 0.0728. The van der Waals surface area contributed by atoms with Crippen molar-refractivity contribution < 1.29 is 17.9 Å². The molecule has 22 heavy (non-hydrogen) atoms. The maximum absolute atomic E-state index is 12.2. The lowest BCUT2D eigenvalue weighted by molar-refractivity contribution is -0.124. The molecule has 6 nitrogen and oxygen atoms in total. The first-order valence-corrected chi connectivity index (χ1v) is 8.83. The van der Waals surface area contributed by atoms with Gasteiger partial charge in [-0.2, -0.15) is 0 Å². The quantitative estimate of drug-likeness (QED) is 0.846. The molecule has 0 spiro atoms. The Kier molecular flexibility index (Phi) is 5.55. The Balaban J connectivity index is 2.00. The summed E-state index contributed by atoms with van der Waals surface area (Å²) >= 11 is 0. The van der Waals surface area contributed by atoms with Crippen LogP contribution in [0.25, 0.3) is 0 Å². The first-order chi connectivity index (χ1) is 10.5. The second kappa shape index (κ2) is 7.21. The fraction of sp³-hybridized carbons (Fsp3) is 0.533. The number of nitrogens with two attached hydrogens (primary N) is 1. The van der Waals surface area contributed by atoms with Crippen LogP contribution in [0, 0.1) is 5.92 Å². The molecule has 2 rings (SSSR count). The van der Waals surface area contributed by atoms with E-state index in [0.717, 1.165) is 18.4 Å². The van der Waals surface area contributed by atoms with E-state index in [1.54, 1.807) is 19.2 Å². The van der Waals surface area contributed by atoms with Gasteiger partial charge >= 0.3 is 0 Å². The van der Waals surface area contributed by atoms with Gasteiger partial charge in [0.1, 0.15) is 0 Å². The van der Waals surface area contributed by atoms with Crippen molar-refractivity contribution in [3.05, 3.63) is 29.8 Å². The molecule has 0 radical (unpaired) electrons. The zero-order chi connectivity index (χ0) is 16.2. The SMILES string of the molecule is COC1CCC(C(=O)NS(=O)(=O)c2ccc(CN)cc2)CC1. The minimum atomic E-state index is -3.82. The number of nitrogens with one attached hydrogen (secondary N) is 1. The highest BCUT2D eigenvalue weighted by Gasteiger charge is 2.29. The molecular weight excluding hydrogens is 304 g/mol. The van der Waals surface area contributed by atoms with Gasteiger partial charge in [0.05, 0.1) is 11.0 Å². The number of hydrogen-bond acceptors (Lipinski definition) is 5. The molecule has 1 aliphatic carbocycles. The van der Waals surface area contributed by atoms with Crippen LogP contribution in [0.2, 0.25) is 0 Å². The fourth-order valence-corrected chi connectivity index (χ4v) is 3.68. The van der Waals surface area contributed by atoms with Crippen LogP contribution >= 0.6 is 0 Å². The van der Waals surface area contributed by atoms with E-state index >= 15 is 0 Å². The van der Waals surface area contributed by atoms with E-state index in [9.17, 15) is 13.2 Å². The molecule has 0 saturated heterocycles. The molecule has 1 saturated carbocycles. The largest absolute Gasteiger partial charge is 0.381 e. The predicted molar refractivity (Wildman–Crippen MR) is 82.4 cm³/mol. The summed E-state index contributed by atoms with van der Waals surface area (Å²) in [6.07, 6.45) is 3.02. The second-order valence-corrected chi connectivity index (χ2v) is 7.21. The van der Waals surface area contributed by atoms with Crippen molar-refractivity contribution >= 4 is 15.9 Å². The highest BCUT2D eigenvalue weighted by molar-refractivity contribution is 7.90. The highest BCUT2D eigenvalue weighted by Crippen LogP contribution is 2.26. The van der Waals surface area contributed by atoms with Crippen LogP contribution in [-0.2, 0) is 26.1 Å². The number of methoxy groups -OCH3 is 1. The number of carbonyl (C=O) groups excluding carboxylic acids is 1. The molecule has 122 valence electrons. The molecule has 1 aliphatic rings. The number of benzene rings is 1.